The molecule has 6 nitrogen and oxygen atoms in total. The van der Waals surface area contributed by atoms with Gasteiger partial charge < -0.3 is 10.4 Å². The lowest BCUT2D eigenvalue weighted by Crippen LogP contribution is -2.48. The fraction of sp³-hybridized carbons (Fsp3) is 0.611. The summed E-state index contributed by atoms with van der Waals surface area (Å²) in [6.45, 7) is 0.657. The van der Waals surface area contributed by atoms with Crippen LogP contribution in [0.5, 0.6) is 0 Å². The SMILES string of the molecule is O=C(N[C@H]1CC[C@H](O)CC1)[C@H]1CCCN(S(=O)(=O)c2cccc(Br)c2)C1. The van der Waals surface area contributed by atoms with E-state index in [0.717, 1.165) is 12.8 Å². The number of nitrogens with zero attached hydrogens (tertiary/aromatic N) is 1. The van der Waals surface area contributed by atoms with Crippen molar-refractivity contribution in [3.05, 3.63) is 28.7 Å². The van der Waals surface area contributed by atoms with Gasteiger partial charge in [0.05, 0.1) is 16.9 Å². The number of sulfonamides is 1. The highest BCUT2D eigenvalue weighted by atomic mass is 79.9. The summed E-state index contributed by atoms with van der Waals surface area (Å²) in [4.78, 5) is 12.9. The van der Waals surface area contributed by atoms with Crippen LogP contribution in [0.25, 0.3) is 0 Å². The highest BCUT2D eigenvalue weighted by molar-refractivity contribution is 9.10. The zero-order chi connectivity index (χ0) is 18.7. The van der Waals surface area contributed by atoms with E-state index in [2.05, 4.69) is 21.2 Å². The van der Waals surface area contributed by atoms with E-state index in [4.69, 9.17) is 0 Å². The van der Waals surface area contributed by atoms with E-state index in [-0.39, 0.29) is 35.4 Å². The van der Waals surface area contributed by atoms with E-state index >= 15 is 0 Å². The van der Waals surface area contributed by atoms with E-state index < -0.39 is 10.0 Å². The first-order valence-electron chi connectivity index (χ1n) is 9.10. The number of aliphatic hydroxyl groups is 1. The van der Waals surface area contributed by atoms with Gasteiger partial charge in [-0.25, -0.2) is 8.42 Å². The van der Waals surface area contributed by atoms with Gasteiger partial charge in [-0.3, -0.25) is 4.79 Å². The molecule has 0 unspecified atom stereocenters. The van der Waals surface area contributed by atoms with Crippen LogP contribution >= 0.6 is 15.9 Å². The fourth-order valence-corrected chi connectivity index (χ4v) is 5.81. The largest absolute Gasteiger partial charge is 0.393 e. The molecule has 0 spiro atoms. The van der Waals surface area contributed by atoms with Crippen molar-refractivity contribution in [1.29, 1.82) is 0 Å². The van der Waals surface area contributed by atoms with Gasteiger partial charge in [0.1, 0.15) is 0 Å². The summed E-state index contributed by atoms with van der Waals surface area (Å²) in [5, 5.41) is 12.6. The summed E-state index contributed by atoms with van der Waals surface area (Å²) in [5.74, 6) is -0.391. The molecule has 1 aromatic carbocycles. The number of rotatable bonds is 4. The number of benzene rings is 1. The number of halogens is 1. The molecule has 1 amide bonds. The highest BCUT2D eigenvalue weighted by Gasteiger charge is 2.34. The molecule has 0 aromatic heterocycles. The summed E-state index contributed by atoms with van der Waals surface area (Å²) in [6.07, 6.45) is 4.08. The lowest BCUT2D eigenvalue weighted by Gasteiger charge is -2.33. The van der Waals surface area contributed by atoms with Crippen LogP contribution in [0.3, 0.4) is 0 Å². The molecule has 1 saturated carbocycles. The quantitative estimate of drug-likeness (QED) is 0.745. The van der Waals surface area contributed by atoms with Crippen molar-refractivity contribution in [2.24, 2.45) is 5.92 Å². The second-order valence-corrected chi connectivity index (χ2v) is 10.0. The molecule has 1 aromatic rings. The van der Waals surface area contributed by atoms with Crippen molar-refractivity contribution >= 4 is 31.9 Å². The molecular formula is C18H25BrN2O4S. The van der Waals surface area contributed by atoms with E-state index in [0.29, 0.717) is 36.7 Å². The fourth-order valence-electron chi connectivity index (χ4n) is 3.69. The molecule has 0 radical (unpaired) electrons. The first-order valence-corrected chi connectivity index (χ1v) is 11.3. The topological polar surface area (TPSA) is 86.7 Å². The molecule has 1 saturated heterocycles. The van der Waals surface area contributed by atoms with Crippen LogP contribution in [0.15, 0.2) is 33.6 Å². The molecule has 1 aliphatic heterocycles. The molecule has 2 aliphatic rings. The van der Waals surface area contributed by atoms with Crippen molar-refractivity contribution in [1.82, 2.24) is 9.62 Å². The maximum absolute atomic E-state index is 12.9. The molecule has 2 fully saturated rings. The molecule has 8 heteroatoms. The number of hydrogen-bond donors (Lipinski definition) is 2. The van der Waals surface area contributed by atoms with Crippen molar-refractivity contribution in [2.45, 2.75) is 55.6 Å². The molecule has 1 atom stereocenters. The lowest BCUT2D eigenvalue weighted by molar-refractivity contribution is -0.127. The van der Waals surface area contributed by atoms with Gasteiger partial charge in [-0.1, -0.05) is 22.0 Å². The number of nitrogens with one attached hydrogen (secondary N) is 1. The first-order chi connectivity index (χ1) is 12.4. The Bertz CT molecular complexity index is 747. The van der Waals surface area contributed by atoms with E-state index in [1.807, 2.05) is 0 Å². The van der Waals surface area contributed by atoms with E-state index in [1.54, 1.807) is 24.3 Å². The average molecular weight is 445 g/mol. The third kappa shape index (κ3) is 4.65. The van der Waals surface area contributed by atoms with Crippen molar-refractivity contribution < 1.29 is 18.3 Å². The Balaban J connectivity index is 1.64. The van der Waals surface area contributed by atoms with Crippen LogP contribution in [0.2, 0.25) is 0 Å². The second kappa shape index (κ2) is 8.37. The van der Waals surface area contributed by atoms with Crippen molar-refractivity contribution in [2.75, 3.05) is 13.1 Å². The number of amides is 1. The van der Waals surface area contributed by atoms with Gasteiger partial charge in [0, 0.05) is 23.6 Å². The third-order valence-electron chi connectivity index (χ3n) is 5.23. The third-order valence-corrected chi connectivity index (χ3v) is 7.59. The number of hydrogen-bond acceptors (Lipinski definition) is 4. The minimum atomic E-state index is -3.60. The van der Waals surface area contributed by atoms with E-state index in [9.17, 15) is 18.3 Å². The Morgan fingerprint density at radius 3 is 2.62 bits per heavy atom. The highest BCUT2D eigenvalue weighted by Crippen LogP contribution is 2.26. The minimum Gasteiger partial charge on any atom is -0.393 e. The molecule has 2 N–H and O–H groups in total. The number of piperidine rings is 1. The zero-order valence-corrected chi connectivity index (χ0v) is 17.0. The monoisotopic (exact) mass is 444 g/mol. The Morgan fingerprint density at radius 2 is 1.92 bits per heavy atom. The summed E-state index contributed by atoms with van der Waals surface area (Å²) >= 11 is 3.31. The van der Waals surface area contributed by atoms with Gasteiger partial charge >= 0.3 is 0 Å². The molecule has 26 heavy (non-hydrogen) atoms. The van der Waals surface area contributed by atoms with Gasteiger partial charge in [-0.15, -0.1) is 0 Å². The molecule has 1 heterocycles. The number of carbonyl (C=O) groups excluding carboxylic acids is 1. The smallest absolute Gasteiger partial charge is 0.243 e. The first kappa shape index (κ1) is 19.8. The van der Waals surface area contributed by atoms with Gasteiger partial charge in [-0.05, 0) is 56.7 Å². The number of aliphatic hydroxyl groups excluding tert-OH is 1. The molecule has 1 aliphatic carbocycles. The van der Waals surface area contributed by atoms with Crippen molar-refractivity contribution in [3.63, 3.8) is 0 Å². The summed E-state index contributed by atoms with van der Waals surface area (Å²) < 4.78 is 27.9. The van der Waals surface area contributed by atoms with Crippen LogP contribution in [0, 0.1) is 5.92 Å². The van der Waals surface area contributed by atoms with Crippen LogP contribution < -0.4 is 5.32 Å². The lowest BCUT2D eigenvalue weighted by atomic mass is 9.92. The van der Waals surface area contributed by atoms with Gasteiger partial charge in [0.2, 0.25) is 15.9 Å². The Kier molecular flexibility index (Phi) is 6.37. The average Bonchev–Trinajstić information content (AvgIpc) is 2.63. The maximum Gasteiger partial charge on any atom is 0.243 e. The molecular weight excluding hydrogens is 420 g/mol. The van der Waals surface area contributed by atoms with Crippen LogP contribution in [0.1, 0.15) is 38.5 Å². The summed E-state index contributed by atoms with van der Waals surface area (Å²) in [7, 11) is -3.60. The predicted molar refractivity (Wildman–Crippen MR) is 102 cm³/mol. The van der Waals surface area contributed by atoms with Crippen molar-refractivity contribution in [3.8, 4) is 0 Å². The van der Waals surface area contributed by atoms with Gasteiger partial charge in [-0.2, -0.15) is 4.31 Å². The predicted octanol–water partition coefficient (Wildman–Crippen LogP) is 2.27. The van der Waals surface area contributed by atoms with Gasteiger partial charge in [0.25, 0.3) is 0 Å². The maximum atomic E-state index is 12.9. The van der Waals surface area contributed by atoms with Gasteiger partial charge in [0.15, 0.2) is 0 Å². The number of carbonyl (C=O) groups is 1. The summed E-state index contributed by atoms with van der Waals surface area (Å²) in [5.41, 5.74) is 0. The van der Waals surface area contributed by atoms with E-state index in [1.165, 1.54) is 4.31 Å². The molecule has 0 bridgehead atoms. The minimum absolute atomic E-state index is 0.0690. The molecule has 144 valence electrons. The van der Waals surface area contributed by atoms with Crippen LogP contribution in [-0.4, -0.2) is 49.0 Å². The van der Waals surface area contributed by atoms with Crippen LogP contribution in [-0.2, 0) is 14.8 Å². The molecule has 3 rings (SSSR count). The Hall–Kier alpha value is -0.960. The normalized spacial score (nSPS) is 27.8. The van der Waals surface area contributed by atoms with Crippen LogP contribution in [0.4, 0.5) is 0 Å². The Morgan fingerprint density at radius 1 is 1.19 bits per heavy atom. The Labute approximate surface area is 163 Å². The summed E-state index contributed by atoms with van der Waals surface area (Å²) in [6, 6.07) is 6.74. The second-order valence-electron chi connectivity index (χ2n) is 7.17. The zero-order valence-electron chi connectivity index (χ0n) is 14.6. The standard InChI is InChI=1S/C18H25BrN2O4S/c19-14-4-1-5-17(11-14)26(24,25)21-10-2-3-13(12-21)18(23)20-15-6-8-16(22)9-7-15/h1,4-5,11,13,15-16,22H,2-3,6-10,12H2,(H,20,23)/t13-,15-,16-/m0/s1.